The quantitative estimate of drug-likeness (QED) is 0.745. The van der Waals surface area contributed by atoms with Gasteiger partial charge in [-0.05, 0) is 13.0 Å². The molecule has 0 fully saturated rings. The number of methoxy groups -OCH3 is 1. The Kier molecular flexibility index (Phi) is 4.81. The van der Waals surface area contributed by atoms with Gasteiger partial charge in [0.2, 0.25) is 0 Å². The van der Waals surface area contributed by atoms with E-state index in [2.05, 4.69) is 4.98 Å². The molecule has 0 amide bonds. The molecule has 0 aliphatic rings. The van der Waals surface area contributed by atoms with E-state index in [1.807, 2.05) is 0 Å². The van der Waals surface area contributed by atoms with Gasteiger partial charge in [-0.2, -0.15) is 0 Å². The molecule has 1 aromatic heterocycles. The van der Waals surface area contributed by atoms with E-state index in [4.69, 9.17) is 9.47 Å². The van der Waals surface area contributed by atoms with Crippen molar-refractivity contribution in [2.24, 2.45) is 0 Å². The first-order chi connectivity index (χ1) is 8.08. The zero-order valence-electron chi connectivity index (χ0n) is 9.57. The predicted molar refractivity (Wildman–Crippen MR) is 56.1 cm³/mol. The number of rotatable bonds is 5. The Morgan fingerprint density at radius 3 is 2.76 bits per heavy atom. The second-order valence-electron chi connectivity index (χ2n) is 3.20. The standard InChI is InChI=1S/C11H13F2NO3/c1-3-17-10(15)5-7-4-8(11(12)13)9(16-2)6-14-7/h4,6,11H,3,5H2,1-2H3. The molecule has 94 valence electrons. The van der Waals surface area contributed by atoms with Crippen LogP contribution in [0, 0.1) is 0 Å². The molecule has 0 N–H and O–H groups in total. The topological polar surface area (TPSA) is 48.4 Å². The summed E-state index contributed by atoms with van der Waals surface area (Å²) in [5.41, 5.74) is -0.0404. The molecule has 0 unspecified atom stereocenters. The number of hydrogen-bond acceptors (Lipinski definition) is 4. The van der Waals surface area contributed by atoms with Crippen molar-refractivity contribution in [2.45, 2.75) is 19.8 Å². The summed E-state index contributed by atoms with van der Waals surface area (Å²) in [6.45, 7) is 1.92. The minimum absolute atomic E-state index is 0.00705. The Morgan fingerprint density at radius 2 is 2.24 bits per heavy atom. The van der Waals surface area contributed by atoms with Crippen molar-refractivity contribution < 1.29 is 23.0 Å². The number of pyridine rings is 1. The molecule has 0 aliphatic carbocycles. The van der Waals surface area contributed by atoms with E-state index in [0.29, 0.717) is 0 Å². The third-order valence-corrected chi connectivity index (χ3v) is 2.04. The van der Waals surface area contributed by atoms with Gasteiger partial charge in [0.05, 0.1) is 37.6 Å². The number of alkyl halides is 2. The lowest BCUT2D eigenvalue weighted by molar-refractivity contribution is -0.142. The van der Waals surface area contributed by atoms with Gasteiger partial charge in [-0.1, -0.05) is 0 Å². The highest BCUT2D eigenvalue weighted by molar-refractivity contribution is 5.72. The SMILES string of the molecule is CCOC(=O)Cc1cc(C(F)F)c(OC)cn1. The molecule has 0 aliphatic heterocycles. The molecule has 1 heterocycles. The van der Waals surface area contributed by atoms with Gasteiger partial charge in [-0.15, -0.1) is 0 Å². The van der Waals surface area contributed by atoms with Crippen molar-refractivity contribution in [3.05, 3.63) is 23.5 Å². The van der Waals surface area contributed by atoms with Crippen molar-refractivity contribution in [1.29, 1.82) is 0 Å². The Morgan fingerprint density at radius 1 is 1.53 bits per heavy atom. The summed E-state index contributed by atoms with van der Waals surface area (Å²) in [6.07, 6.45) is -1.62. The summed E-state index contributed by atoms with van der Waals surface area (Å²) in [4.78, 5) is 15.0. The lowest BCUT2D eigenvalue weighted by Crippen LogP contribution is -2.09. The van der Waals surface area contributed by atoms with Crippen LogP contribution < -0.4 is 4.74 Å². The normalized spacial score (nSPS) is 10.4. The van der Waals surface area contributed by atoms with Crippen LogP contribution >= 0.6 is 0 Å². The van der Waals surface area contributed by atoms with E-state index < -0.39 is 12.4 Å². The van der Waals surface area contributed by atoms with Crippen molar-refractivity contribution in [3.63, 3.8) is 0 Å². The highest BCUT2D eigenvalue weighted by atomic mass is 19.3. The first-order valence-corrected chi connectivity index (χ1v) is 5.05. The summed E-state index contributed by atoms with van der Waals surface area (Å²) in [7, 11) is 1.29. The van der Waals surface area contributed by atoms with Gasteiger partial charge in [0, 0.05) is 0 Å². The molecular formula is C11H13F2NO3. The van der Waals surface area contributed by atoms with Crippen LogP contribution in [0.15, 0.2) is 12.3 Å². The summed E-state index contributed by atoms with van der Waals surface area (Å²) >= 11 is 0. The third-order valence-electron chi connectivity index (χ3n) is 2.04. The molecule has 1 rings (SSSR count). The maximum Gasteiger partial charge on any atom is 0.311 e. The highest BCUT2D eigenvalue weighted by Gasteiger charge is 2.16. The fourth-order valence-corrected chi connectivity index (χ4v) is 1.30. The number of esters is 1. The maximum absolute atomic E-state index is 12.7. The summed E-state index contributed by atoms with van der Waals surface area (Å²) < 4.78 is 34.8. The molecule has 0 saturated carbocycles. The molecule has 6 heteroatoms. The molecule has 0 radical (unpaired) electrons. The zero-order valence-corrected chi connectivity index (χ0v) is 9.57. The number of aromatic nitrogens is 1. The summed E-state index contributed by atoms with van der Waals surface area (Å²) in [5.74, 6) is -0.488. The average Bonchev–Trinajstić information content (AvgIpc) is 2.29. The van der Waals surface area contributed by atoms with E-state index in [0.717, 1.165) is 6.07 Å². The van der Waals surface area contributed by atoms with Crippen LogP contribution in [-0.4, -0.2) is 24.7 Å². The van der Waals surface area contributed by atoms with Crippen LogP contribution in [0.1, 0.15) is 24.6 Å². The van der Waals surface area contributed by atoms with E-state index in [9.17, 15) is 13.6 Å². The Bertz CT molecular complexity index is 396. The number of nitrogens with zero attached hydrogens (tertiary/aromatic N) is 1. The summed E-state index contributed by atoms with van der Waals surface area (Å²) in [6, 6.07) is 1.15. The van der Waals surface area contributed by atoms with Gasteiger partial charge in [0.15, 0.2) is 0 Å². The highest BCUT2D eigenvalue weighted by Crippen LogP contribution is 2.28. The van der Waals surface area contributed by atoms with Crippen LogP contribution in [0.25, 0.3) is 0 Å². The number of halogens is 2. The molecule has 0 saturated heterocycles. The fraction of sp³-hybridized carbons (Fsp3) is 0.455. The van der Waals surface area contributed by atoms with Gasteiger partial charge < -0.3 is 9.47 Å². The molecule has 0 atom stereocenters. The zero-order chi connectivity index (χ0) is 12.8. The lowest BCUT2D eigenvalue weighted by Gasteiger charge is -2.09. The van der Waals surface area contributed by atoms with Crippen molar-refractivity contribution in [2.75, 3.05) is 13.7 Å². The first-order valence-electron chi connectivity index (χ1n) is 5.05. The Balaban J connectivity index is 2.88. The molecule has 0 bridgehead atoms. The number of ether oxygens (including phenoxy) is 2. The molecule has 1 aromatic rings. The number of hydrogen-bond donors (Lipinski definition) is 0. The van der Waals surface area contributed by atoms with E-state index in [1.165, 1.54) is 13.3 Å². The van der Waals surface area contributed by atoms with Crippen molar-refractivity contribution >= 4 is 5.97 Å². The Hall–Kier alpha value is -1.72. The van der Waals surface area contributed by atoms with Gasteiger partial charge in [-0.25, -0.2) is 8.78 Å². The first kappa shape index (κ1) is 13.3. The minimum atomic E-state index is -2.67. The van der Waals surface area contributed by atoms with Crippen molar-refractivity contribution in [1.82, 2.24) is 4.98 Å². The Labute approximate surface area is 97.6 Å². The maximum atomic E-state index is 12.7. The molecule has 17 heavy (non-hydrogen) atoms. The molecule has 4 nitrogen and oxygen atoms in total. The van der Waals surface area contributed by atoms with Crippen LogP contribution in [0.3, 0.4) is 0 Å². The average molecular weight is 245 g/mol. The van der Waals surface area contributed by atoms with Crippen LogP contribution in [-0.2, 0) is 16.0 Å². The fourth-order valence-electron chi connectivity index (χ4n) is 1.30. The van der Waals surface area contributed by atoms with Crippen molar-refractivity contribution in [3.8, 4) is 5.75 Å². The van der Waals surface area contributed by atoms with E-state index in [1.54, 1.807) is 6.92 Å². The summed E-state index contributed by atoms with van der Waals surface area (Å²) in [5, 5.41) is 0. The molecular weight excluding hydrogens is 232 g/mol. The molecule has 0 spiro atoms. The molecule has 0 aromatic carbocycles. The smallest absolute Gasteiger partial charge is 0.311 e. The van der Waals surface area contributed by atoms with E-state index in [-0.39, 0.29) is 30.0 Å². The van der Waals surface area contributed by atoms with E-state index >= 15 is 0 Å². The van der Waals surface area contributed by atoms with Gasteiger partial charge in [0.1, 0.15) is 5.75 Å². The second-order valence-corrected chi connectivity index (χ2v) is 3.20. The number of carbonyl (C=O) groups is 1. The largest absolute Gasteiger partial charge is 0.495 e. The van der Waals surface area contributed by atoms with Gasteiger partial charge in [-0.3, -0.25) is 9.78 Å². The van der Waals surface area contributed by atoms with Crippen LogP contribution in [0.5, 0.6) is 5.75 Å². The van der Waals surface area contributed by atoms with Gasteiger partial charge in [0.25, 0.3) is 6.43 Å². The second kappa shape index (κ2) is 6.12. The minimum Gasteiger partial charge on any atom is -0.495 e. The van der Waals surface area contributed by atoms with Crippen LogP contribution in [0.4, 0.5) is 8.78 Å². The van der Waals surface area contributed by atoms with Crippen LogP contribution in [0.2, 0.25) is 0 Å². The van der Waals surface area contributed by atoms with Gasteiger partial charge >= 0.3 is 5.97 Å². The third kappa shape index (κ3) is 3.65. The lowest BCUT2D eigenvalue weighted by atomic mass is 10.2. The predicted octanol–water partition coefficient (Wildman–Crippen LogP) is 2.13. The number of carbonyl (C=O) groups excluding carboxylic acids is 1. The monoisotopic (exact) mass is 245 g/mol.